The van der Waals surface area contributed by atoms with E-state index in [0.29, 0.717) is 0 Å². The first-order chi connectivity index (χ1) is 17.0. The number of esters is 2. The molecule has 0 amide bonds. The van der Waals surface area contributed by atoms with E-state index in [1.807, 2.05) is 48.5 Å². The van der Waals surface area contributed by atoms with E-state index in [0.717, 1.165) is 9.79 Å². The summed E-state index contributed by atoms with van der Waals surface area (Å²) < 4.78 is 19.2. The Bertz CT molecular complexity index is 817. The molecule has 14 heteroatoms. The van der Waals surface area contributed by atoms with Crippen molar-refractivity contribution >= 4 is 37.2 Å². The second-order valence-electron chi connectivity index (χ2n) is 7.06. The normalized spacial score (nSPS) is 8.39. The molecule has 0 saturated carbocycles. The summed E-state index contributed by atoms with van der Waals surface area (Å²) in [5, 5.41) is 17.3. The predicted octanol–water partition coefficient (Wildman–Crippen LogP) is 2.15. The number of ether oxygens (including phenoxy) is 4. The van der Waals surface area contributed by atoms with Gasteiger partial charge in [-0.25, -0.2) is 9.59 Å². The second-order valence-corrected chi connectivity index (χ2v) is 8.09. The van der Waals surface area contributed by atoms with Gasteiger partial charge in [0, 0.05) is 9.79 Å². The highest BCUT2D eigenvalue weighted by atomic mass is 32.1. The van der Waals surface area contributed by atoms with Crippen molar-refractivity contribution in [2.24, 2.45) is 0 Å². The number of carbonyl (C=O) groups excluding carboxylic acids is 2. The Morgan fingerprint density at radius 1 is 0.610 bits per heavy atom. The van der Waals surface area contributed by atoms with Gasteiger partial charge in [-0.2, -0.15) is 0 Å². The Morgan fingerprint density at radius 3 is 1.07 bits per heavy atom. The highest BCUT2D eigenvalue weighted by molar-refractivity contribution is 7.80. The standard InChI is InChI=1S/C12H18O8.2C7H8S.CH4.4H2O/c1-9(13)11(15)19-7-5-17-3-4-18-6-8-20-12(16)10(2)14;2*1-6-2-4-7(8)5-3-6;;;;;/h13-14H,1-8H2;2*2-5,8H,1H3;1H4;4*1H2. The minimum absolute atomic E-state index is 0. The molecule has 0 atom stereocenters. The van der Waals surface area contributed by atoms with E-state index in [1.165, 1.54) is 11.1 Å². The molecule has 2 aromatic rings. The third-order valence-electron chi connectivity index (χ3n) is 3.83. The molecule has 0 heterocycles. The van der Waals surface area contributed by atoms with Gasteiger partial charge in [0.25, 0.3) is 0 Å². The van der Waals surface area contributed by atoms with Gasteiger partial charge in [-0.1, -0.05) is 42.8 Å². The molecule has 0 radical (unpaired) electrons. The van der Waals surface area contributed by atoms with Crippen LogP contribution >= 0.6 is 25.3 Å². The van der Waals surface area contributed by atoms with Gasteiger partial charge in [-0.05, 0) is 51.3 Å². The van der Waals surface area contributed by atoms with Crippen LogP contribution in [0.3, 0.4) is 0 Å². The van der Waals surface area contributed by atoms with Crippen molar-refractivity contribution in [1.29, 1.82) is 0 Å². The summed E-state index contributed by atoms with van der Waals surface area (Å²) in [7, 11) is 0. The molecule has 0 spiro atoms. The summed E-state index contributed by atoms with van der Waals surface area (Å²) in [6, 6.07) is 16.1. The lowest BCUT2D eigenvalue weighted by Crippen LogP contribution is -2.15. The maximum absolute atomic E-state index is 10.7. The van der Waals surface area contributed by atoms with Crippen LogP contribution in [0.1, 0.15) is 18.6 Å². The van der Waals surface area contributed by atoms with Crippen LogP contribution in [-0.4, -0.2) is 83.7 Å². The predicted molar refractivity (Wildman–Crippen MR) is 165 cm³/mol. The first kappa shape index (κ1) is 50.7. The Hall–Kier alpha value is -3.08. The molecule has 0 unspecified atom stereocenters. The summed E-state index contributed by atoms with van der Waals surface area (Å²) in [5.74, 6) is -3.10. The van der Waals surface area contributed by atoms with E-state index in [2.05, 4.69) is 61.7 Å². The topological polar surface area (TPSA) is 238 Å². The molecule has 41 heavy (non-hydrogen) atoms. The number of carbonyl (C=O) groups is 2. The maximum Gasteiger partial charge on any atom is 0.372 e. The van der Waals surface area contributed by atoms with Crippen LogP contribution in [0.15, 0.2) is 83.0 Å². The molecule has 0 fully saturated rings. The Morgan fingerprint density at radius 2 is 0.854 bits per heavy atom. The van der Waals surface area contributed by atoms with Crippen molar-refractivity contribution in [2.45, 2.75) is 31.1 Å². The van der Waals surface area contributed by atoms with Crippen LogP contribution in [0, 0.1) is 13.8 Å². The Labute approximate surface area is 252 Å². The van der Waals surface area contributed by atoms with Crippen molar-refractivity contribution in [3.05, 3.63) is 84.3 Å². The van der Waals surface area contributed by atoms with E-state index in [4.69, 9.17) is 19.7 Å². The van der Waals surface area contributed by atoms with E-state index < -0.39 is 23.5 Å². The zero-order chi connectivity index (χ0) is 27.3. The summed E-state index contributed by atoms with van der Waals surface area (Å²) in [6.45, 7) is 10.9. The molecule has 238 valence electrons. The minimum atomic E-state index is -0.892. The van der Waals surface area contributed by atoms with Crippen LogP contribution in [0.5, 0.6) is 0 Å². The van der Waals surface area contributed by atoms with Crippen LogP contribution < -0.4 is 0 Å². The lowest BCUT2D eigenvalue weighted by Gasteiger charge is -2.07. The SMILES string of the molecule is C.C=C(O)C(=O)OCCOCCOCCOC(=O)C(=C)O.Cc1ccc(S)cc1.Cc1ccc(S)cc1.O.O.O.O. The van der Waals surface area contributed by atoms with Gasteiger partial charge in [0.1, 0.15) is 13.2 Å². The maximum atomic E-state index is 10.7. The van der Waals surface area contributed by atoms with Gasteiger partial charge in [0.05, 0.1) is 26.4 Å². The Kier molecular flexibility index (Phi) is 38.9. The van der Waals surface area contributed by atoms with Crippen LogP contribution in [-0.2, 0) is 28.5 Å². The van der Waals surface area contributed by atoms with E-state index in [-0.39, 0.29) is 69.0 Å². The molecule has 0 bridgehead atoms. The quantitative estimate of drug-likeness (QED) is 0.0945. The molecular formula is C27H46O12S2. The molecule has 0 aliphatic heterocycles. The first-order valence-electron chi connectivity index (χ1n) is 10.8. The molecule has 0 aromatic heterocycles. The molecule has 12 nitrogen and oxygen atoms in total. The highest BCUT2D eigenvalue weighted by Crippen LogP contribution is 2.06. The number of thiol groups is 2. The van der Waals surface area contributed by atoms with Gasteiger partial charge < -0.3 is 51.1 Å². The fourth-order valence-corrected chi connectivity index (χ4v) is 2.26. The van der Waals surface area contributed by atoms with Crippen LogP contribution in [0.25, 0.3) is 0 Å². The summed E-state index contributed by atoms with van der Waals surface area (Å²) in [4.78, 5) is 23.5. The number of rotatable bonds is 11. The molecule has 0 aliphatic rings. The van der Waals surface area contributed by atoms with E-state index >= 15 is 0 Å². The number of aliphatic hydroxyl groups is 2. The molecule has 10 N–H and O–H groups in total. The van der Waals surface area contributed by atoms with Crippen molar-refractivity contribution < 1.29 is 60.7 Å². The largest absolute Gasteiger partial charge is 0.502 e. The zero-order valence-corrected chi connectivity index (χ0v) is 24.3. The molecule has 0 saturated heterocycles. The number of hydrogen-bond acceptors (Lipinski definition) is 10. The average molecular weight is 627 g/mol. The van der Waals surface area contributed by atoms with Gasteiger partial charge in [0.15, 0.2) is 11.5 Å². The van der Waals surface area contributed by atoms with Crippen molar-refractivity contribution in [2.75, 3.05) is 39.6 Å². The van der Waals surface area contributed by atoms with Gasteiger partial charge in [0.2, 0.25) is 0 Å². The number of aliphatic hydroxyl groups excluding tert-OH is 2. The van der Waals surface area contributed by atoms with E-state index in [1.54, 1.807) is 0 Å². The smallest absolute Gasteiger partial charge is 0.372 e. The third-order valence-corrected chi connectivity index (χ3v) is 4.43. The average Bonchev–Trinajstić information content (AvgIpc) is 2.84. The number of hydrogen-bond donors (Lipinski definition) is 4. The summed E-state index contributed by atoms with van der Waals surface area (Å²) in [6.07, 6.45) is 0. The summed E-state index contributed by atoms with van der Waals surface area (Å²) in [5.41, 5.74) is 2.56. The van der Waals surface area contributed by atoms with Gasteiger partial charge >= 0.3 is 11.9 Å². The van der Waals surface area contributed by atoms with Crippen molar-refractivity contribution in [3.8, 4) is 0 Å². The van der Waals surface area contributed by atoms with Crippen molar-refractivity contribution in [1.82, 2.24) is 0 Å². The van der Waals surface area contributed by atoms with Crippen LogP contribution in [0.4, 0.5) is 0 Å². The fraction of sp³-hybridized carbons (Fsp3) is 0.333. The van der Waals surface area contributed by atoms with Crippen LogP contribution in [0.2, 0.25) is 0 Å². The second kappa shape index (κ2) is 31.4. The zero-order valence-electron chi connectivity index (χ0n) is 22.5. The first-order valence-corrected chi connectivity index (χ1v) is 11.7. The molecule has 2 rings (SSSR count). The molecular weight excluding hydrogens is 580 g/mol. The molecule has 2 aromatic carbocycles. The fourth-order valence-electron chi connectivity index (χ4n) is 1.96. The number of benzene rings is 2. The van der Waals surface area contributed by atoms with E-state index in [9.17, 15) is 9.59 Å². The summed E-state index contributed by atoms with van der Waals surface area (Å²) >= 11 is 8.26. The number of aryl methyl sites for hydroxylation is 2. The third kappa shape index (κ3) is 31.3. The van der Waals surface area contributed by atoms with Gasteiger partial charge in [-0.3, -0.25) is 0 Å². The van der Waals surface area contributed by atoms with Gasteiger partial charge in [-0.15, -0.1) is 25.3 Å². The van der Waals surface area contributed by atoms with Crippen molar-refractivity contribution in [3.63, 3.8) is 0 Å². The lowest BCUT2D eigenvalue weighted by atomic mass is 10.2. The Balaban J connectivity index is -0.000000122. The highest BCUT2D eigenvalue weighted by Gasteiger charge is 2.05. The molecule has 0 aliphatic carbocycles. The minimum Gasteiger partial charge on any atom is -0.502 e. The monoisotopic (exact) mass is 626 g/mol. The lowest BCUT2D eigenvalue weighted by molar-refractivity contribution is -0.145.